The molecule has 2 atom stereocenters. The van der Waals surface area contributed by atoms with Crippen LogP contribution in [0, 0.1) is 16.0 Å². The number of nitrogens with one attached hydrogen (secondary N) is 2. The average Bonchev–Trinajstić information content (AvgIpc) is 2.74. The van der Waals surface area contributed by atoms with Crippen LogP contribution in [0.4, 0.5) is 5.69 Å². The molecule has 0 aromatic heterocycles. The fourth-order valence-corrected chi connectivity index (χ4v) is 3.23. The number of hydrogen-bond acceptors (Lipinski definition) is 6. The van der Waals surface area contributed by atoms with Gasteiger partial charge in [-0.1, -0.05) is 49.2 Å². The number of hydrogen-bond donors (Lipinski definition) is 2. The molecule has 0 aliphatic rings. The Hall–Kier alpha value is -3.17. The SMILES string of the molecule is CC(C)C[C@H](NC(=O)[C@@H](C)Oc1ccc(Cl)cc1Cl)C(=O)N/N=C\c1cccc([N+](=O)[O-])c1. The number of rotatable bonds is 10. The fourth-order valence-electron chi connectivity index (χ4n) is 2.77. The van der Waals surface area contributed by atoms with E-state index in [0.717, 1.165) is 0 Å². The molecule has 2 amide bonds. The Labute approximate surface area is 201 Å². The zero-order valence-electron chi connectivity index (χ0n) is 18.2. The first-order valence-corrected chi connectivity index (χ1v) is 10.8. The van der Waals surface area contributed by atoms with Gasteiger partial charge in [0, 0.05) is 22.7 Å². The van der Waals surface area contributed by atoms with E-state index in [0.29, 0.717) is 17.0 Å². The number of halogens is 2. The molecule has 0 spiro atoms. The van der Waals surface area contributed by atoms with Crippen molar-refractivity contribution in [2.75, 3.05) is 0 Å². The van der Waals surface area contributed by atoms with Crippen molar-refractivity contribution in [3.8, 4) is 5.75 Å². The lowest BCUT2D eigenvalue weighted by Gasteiger charge is -2.22. The van der Waals surface area contributed by atoms with E-state index in [9.17, 15) is 19.7 Å². The number of nitro groups is 1. The summed E-state index contributed by atoms with van der Waals surface area (Å²) in [4.78, 5) is 35.6. The van der Waals surface area contributed by atoms with Crippen molar-refractivity contribution in [1.82, 2.24) is 10.7 Å². The second kappa shape index (κ2) is 12.2. The van der Waals surface area contributed by atoms with Gasteiger partial charge in [-0.05, 0) is 37.5 Å². The van der Waals surface area contributed by atoms with Gasteiger partial charge in [-0.25, -0.2) is 5.43 Å². The van der Waals surface area contributed by atoms with E-state index < -0.39 is 28.9 Å². The third-order valence-corrected chi connectivity index (χ3v) is 4.91. The van der Waals surface area contributed by atoms with Gasteiger partial charge in [-0.2, -0.15) is 5.10 Å². The number of carbonyl (C=O) groups is 2. The largest absolute Gasteiger partial charge is 0.479 e. The maximum absolute atomic E-state index is 12.6. The number of hydrazone groups is 1. The topological polar surface area (TPSA) is 123 Å². The van der Waals surface area contributed by atoms with Crippen molar-refractivity contribution in [2.24, 2.45) is 11.0 Å². The monoisotopic (exact) mass is 494 g/mol. The molecule has 0 aliphatic heterocycles. The standard InChI is InChI=1S/C22H24Cl2N4O5/c1-13(2)9-19(22(30)27-25-12-15-5-4-6-17(10-15)28(31)32)26-21(29)14(3)33-20-8-7-16(23)11-18(20)24/h4-8,10-14,19H,9H2,1-3H3,(H,26,29)(H,27,30)/b25-12-/t14-,19+/m1/s1. The summed E-state index contributed by atoms with van der Waals surface area (Å²) in [6.07, 6.45) is 0.714. The summed E-state index contributed by atoms with van der Waals surface area (Å²) in [5, 5.41) is 18.1. The van der Waals surface area contributed by atoms with Crippen LogP contribution >= 0.6 is 23.2 Å². The highest BCUT2D eigenvalue weighted by molar-refractivity contribution is 6.35. The molecule has 0 radical (unpaired) electrons. The average molecular weight is 495 g/mol. The predicted octanol–water partition coefficient (Wildman–Crippen LogP) is 4.35. The Morgan fingerprint density at radius 3 is 2.52 bits per heavy atom. The zero-order valence-corrected chi connectivity index (χ0v) is 19.8. The number of nitro benzene ring substituents is 1. The molecule has 0 saturated heterocycles. The highest BCUT2D eigenvalue weighted by Gasteiger charge is 2.25. The molecule has 0 aliphatic carbocycles. The molecule has 33 heavy (non-hydrogen) atoms. The van der Waals surface area contributed by atoms with Crippen LogP contribution in [0.5, 0.6) is 5.75 Å². The van der Waals surface area contributed by atoms with Crippen LogP contribution in [0.25, 0.3) is 0 Å². The Balaban J connectivity index is 2.02. The molecule has 11 heteroatoms. The van der Waals surface area contributed by atoms with Gasteiger partial charge < -0.3 is 10.1 Å². The van der Waals surface area contributed by atoms with Gasteiger partial charge in [0.05, 0.1) is 16.2 Å². The Morgan fingerprint density at radius 2 is 1.88 bits per heavy atom. The molecule has 2 aromatic carbocycles. The normalized spacial score (nSPS) is 12.9. The van der Waals surface area contributed by atoms with E-state index in [-0.39, 0.29) is 22.4 Å². The lowest BCUT2D eigenvalue weighted by Crippen LogP contribution is -2.49. The summed E-state index contributed by atoms with van der Waals surface area (Å²) in [5.41, 5.74) is 2.71. The molecule has 176 valence electrons. The van der Waals surface area contributed by atoms with Crippen molar-refractivity contribution >= 4 is 46.9 Å². The molecule has 0 fully saturated rings. The lowest BCUT2D eigenvalue weighted by molar-refractivity contribution is -0.384. The summed E-state index contributed by atoms with van der Waals surface area (Å²) in [6.45, 7) is 5.35. The quantitative estimate of drug-likeness (QED) is 0.288. The Bertz CT molecular complexity index is 1050. The smallest absolute Gasteiger partial charge is 0.270 e. The van der Waals surface area contributed by atoms with Crippen LogP contribution < -0.4 is 15.5 Å². The molecule has 0 bridgehead atoms. The molecule has 0 unspecified atom stereocenters. The number of carbonyl (C=O) groups excluding carboxylic acids is 2. The molecular weight excluding hydrogens is 471 g/mol. The van der Waals surface area contributed by atoms with Gasteiger partial charge in [0.2, 0.25) is 0 Å². The van der Waals surface area contributed by atoms with Crippen LogP contribution in [0.1, 0.15) is 32.8 Å². The highest BCUT2D eigenvalue weighted by Crippen LogP contribution is 2.28. The molecule has 2 rings (SSSR count). The van der Waals surface area contributed by atoms with E-state index in [4.69, 9.17) is 27.9 Å². The van der Waals surface area contributed by atoms with Crippen LogP contribution in [0.2, 0.25) is 10.0 Å². The second-order valence-electron chi connectivity index (χ2n) is 7.61. The minimum Gasteiger partial charge on any atom is -0.479 e. The minimum absolute atomic E-state index is 0.0926. The zero-order chi connectivity index (χ0) is 24.5. The molecule has 9 nitrogen and oxygen atoms in total. The van der Waals surface area contributed by atoms with E-state index in [1.54, 1.807) is 18.2 Å². The van der Waals surface area contributed by atoms with Gasteiger partial charge >= 0.3 is 0 Å². The third kappa shape index (κ3) is 8.36. The van der Waals surface area contributed by atoms with Gasteiger partial charge in [-0.3, -0.25) is 19.7 Å². The molecule has 0 heterocycles. The maximum Gasteiger partial charge on any atom is 0.270 e. The maximum atomic E-state index is 12.6. The minimum atomic E-state index is -0.931. The summed E-state index contributed by atoms with van der Waals surface area (Å²) < 4.78 is 5.60. The van der Waals surface area contributed by atoms with Crippen molar-refractivity contribution < 1.29 is 19.2 Å². The van der Waals surface area contributed by atoms with Crippen LogP contribution in [-0.4, -0.2) is 35.1 Å². The Kier molecular flexibility index (Phi) is 9.62. The number of non-ortho nitro benzene ring substituents is 1. The van der Waals surface area contributed by atoms with Gasteiger partial charge in [0.15, 0.2) is 6.10 Å². The predicted molar refractivity (Wildman–Crippen MR) is 127 cm³/mol. The van der Waals surface area contributed by atoms with Gasteiger partial charge in [-0.15, -0.1) is 0 Å². The van der Waals surface area contributed by atoms with E-state index in [1.807, 2.05) is 13.8 Å². The summed E-state index contributed by atoms with van der Waals surface area (Å²) in [6, 6.07) is 9.56. The number of nitrogens with zero attached hydrogens (tertiary/aromatic N) is 2. The van der Waals surface area contributed by atoms with E-state index in [1.165, 1.54) is 37.4 Å². The van der Waals surface area contributed by atoms with Gasteiger partial charge in [0.1, 0.15) is 11.8 Å². The van der Waals surface area contributed by atoms with Crippen LogP contribution in [0.15, 0.2) is 47.6 Å². The lowest BCUT2D eigenvalue weighted by atomic mass is 10.0. The number of amides is 2. The summed E-state index contributed by atoms with van der Waals surface area (Å²) >= 11 is 11.9. The summed E-state index contributed by atoms with van der Waals surface area (Å²) in [5.74, 6) is -0.654. The second-order valence-corrected chi connectivity index (χ2v) is 8.46. The molecular formula is C22H24Cl2N4O5. The summed E-state index contributed by atoms with van der Waals surface area (Å²) in [7, 11) is 0. The first-order valence-electron chi connectivity index (χ1n) is 10.1. The van der Waals surface area contributed by atoms with E-state index >= 15 is 0 Å². The van der Waals surface area contributed by atoms with Crippen molar-refractivity contribution in [1.29, 1.82) is 0 Å². The van der Waals surface area contributed by atoms with Crippen LogP contribution in [0.3, 0.4) is 0 Å². The van der Waals surface area contributed by atoms with Crippen molar-refractivity contribution in [3.05, 3.63) is 68.2 Å². The molecule has 2 N–H and O–H groups in total. The molecule has 0 saturated carbocycles. The first kappa shape index (κ1) is 26.1. The first-order chi connectivity index (χ1) is 15.6. The van der Waals surface area contributed by atoms with Gasteiger partial charge in [0.25, 0.3) is 17.5 Å². The number of ether oxygens (including phenoxy) is 1. The Morgan fingerprint density at radius 1 is 1.15 bits per heavy atom. The number of benzene rings is 2. The fraction of sp³-hybridized carbons (Fsp3) is 0.318. The highest BCUT2D eigenvalue weighted by atomic mass is 35.5. The van der Waals surface area contributed by atoms with E-state index in [2.05, 4.69) is 15.8 Å². The van der Waals surface area contributed by atoms with Crippen molar-refractivity contribution in [2.45, 2.75) is 39.3 Å². The molecule has 2 aromatic rings. The third-order valence-electron chi connectivity index (χ3n) is 4.38. The van der Waals surface area contributed by atoms with Crippen LogP contribution in [-0.2, 0) is 9.59 Å². The van der Waals surface area contributed by atoms with Crippen molar-refractivity contribution in [3.63, 3.8) is 0 Å².